The Balaban J connectivity index is 1.99. The fourth-order valence-electron chi connectivity index (χ4n) is 2.75. The number of carbonyl (C=O) groups is 1. The molecule has 34 heavy (non-hydrogen) atoms. The minimum atomic E-state index is -4.92. The number of benzene rings is 1. The van der Waals surface area contributed by atoms with Crippen molar-refractivity contribution < 1.29 is 35.5 Å². The maximum absolute atomic E-state index is 13.4. The summed E-state index contributed by atoms with van der Waals surface area (Å²) in [4.78, 5) is 13.9. The first-order chi connectivity index (χ1) is 15.8. The Labute approximate surface area is 197 Å². The second-order valence-corrected chi connectivity index (χ2v) is 9.80. The summed E-state index contributed by atoms with van der Waals surface area (Å²) < 4.78 is 75.0. The Hall–Kier alpha value is -2.97. The second-order valence-electron chi connectivity index (χ2n) is 7.40. The Kier molecular flexibility index (Phi) is 7.33. The highest BCUT2D eigenvalue weighted by Crippen LogP contribution is 2.39. The zero-order valence-electron chi connectivity index (χ0n) is 18.1. The van der Waals surface area contributed by atoms with Gasteiger partial charge in [-0.1, -0.05) is 17.7 Å². The minimum Gasteiger partial charge on any atom is -0.463 e. The average molecular weight is 522 g/mol. The van der Waals surface area contributed by atoms with E-state index >= 15 is 0 Å². The molecule has 0 saturated carbocycles. The highest BCUT2D eigenvalue weighted by Gasteiger charge is 2.40. The van der Waals surface area contributed by atoms with Crippen molar-refractivity contribution in [2.24, 2.45) is 0 Å². The number of hydrogen-bond acceptors (Lipinski definition) is 9. The van der Waals surface area contributed by atoms with E-state index in [0.717, 1.165) is 6.26 Å². The molecule has 0 radical (unpaired) electrons. The van der Waals surface area contributed by atoms with E-state index < -0.39 is 50.8 Å². The number of esters is 1. The monoisotopic (exact) mass is 521 g/mol. The van der Waals surface area contributed by atoms with E-state index in [2.05, 4.69) is 15.3 Å². The third-order valence-corrected chi connectivity index (χ3v) is 5.85. The van der Waals surface area contributed by atoms with Crippen molar-refractivity contribution in [3.63, 3.8) is 0 Å². The first-order valence-corrected chi connectivity index (χ1v) is 11.8. The van der Waals surface area contributed by atoms with Crippen LogP contribution in [-0.4, -0.2) is 72.8 Å². The van der Waals surface area contributed by atoms with Crippen LogP contribution in [0.25, 0.3) is 23.0 Å². The van der Waals surface area contributed by atoms with Crippen LogP contribution in [0, 0.1) is 0 Å². The summed E-state index contributed by atoms with van der Waals surface area (Å²) in [6, 6.07) is 5.56. The van der Waals surface area contributed by atoms with Crippen LogP contribution in [0.2, 0.25) is 5.02 Å². The third kappa shape index (κ3) is 5.93. The molecule has 0 saturated heterocycles. The largest absolute Gasteiger partial charge is 0.463 e. The highest BCUT2D eigenvalue weighted by atomic mass is 35.5. The molecule has 0 aliphatic carbocycles. The maximum Gasteiger partial charge on any atom is 0.436 e. The van der Waals surface area contributed by atoms with Crippen molar-refractivity contribution in [2.45, 2.75) is 17.6 Å². The molecule has 0 unspecified atom stereocenters. The molecular weight excluding hydrogens is 503 g/mol. The number of nitrogens with zero attached hydrogens (tertiary/aromatic N) is 5. The minimum absolute atomic E-state index is 0.0175. The lowest BCUT2D eigenvalue weighted by Crippen LogP contribution is -2.22. The predicted octanol–water partition coefficient (Wildman–Crippen LogP) is 2.78. The van der Waals surface area contributed by atoms with Gasteiger partial charge in [0.05, 0.1) is 4.90 Å². The molecule has 0 bridgehead atoms. The molecule has 0 spiro atoms. The predicted molar refractivity (Wildman–Crippen MR) is 114 cm³/mol. The molecule has 2 aromatic heterocycles. The summed E-state index contributed by atoms with van der Waals surface area (Å²) in [5, 5.41) is 10.1. The van der Waals surface area contributed by atoms with Crippen LogP contribution in [0.3, 0.4) is 0 Å². The molecular formula is C19H19ClF3N5O5S. The molecule has 0 fully saturated rings. The van der Waals surface area contributed by atoms with Crippen molar-refractivity contribution in [2.75, 3.05) is 33.5 Å². The Bertz CT molecular complexity index is 1300. The molecule has 0 atom stereocenters. The van der Waals surface area contributed by atoms with Crippen molar-refractivity contribution in [3.05, 3.63) is 35.0 Å². The van der Waals surface area contributed by atoms with Gasteiger partial charge in [0.1, 0.15) is 23.9 Å². The van der Waals surface area contributed by atoms with Gasteiger partial charge in [-0.15, -0.1) is 10.2 Å². The summed E-state index contributed by atoms with van der Waals surface area (Å²) in [5.74, 6) is -1.48. The lowest BCUT2D eigenvalue weighted by molar-refractivity contribution is -0.146. The number of hydrogen-bond donors (Lipinski definition) is 0. The third-order valence-electron chi connectivity index (χ3n) is 4.38. The van der Waals surface area contributed by atoms with Crippen LogP contribution in [0.1, 0.15) is 5.69 Å². The van der Waals surface area contributed by atoms with Crippen LogP contribution in [0.4, 0.5) is 13.2 Å². The number of rotatable bonds is 8. The zero-order valence-corrected chi connectivity index (χ0v) is 19.7. The fraction of sp³-hybridized carbons (Fsp3) is 0.368. The van der Waals surface area contributed by atoms with E-state index in [-0.39, 0.29) is 23.0 Å². The summed E-state index contributed by atoms with van der Waals surface area (Å²) >= 11 is 5.95. The molecule has 3 aromatic rings. The number of ether oxygens (including phenoxy) is 1. The topological polar surface area (TPSA) is 120 Å². The number of alkyl halides is 3. The fourth-order valence-corrected chi connectivity index (χ4v) is 3.74. The summed E-state index contributed by atoms with van der Waals surface area (Å²) in [7, 11) is -0.0212. The van der Waals surface area contributed by atoms with Crippen LogP contribution in [-0.2, 0) is 32.1 Å². The van der Waals surface area contributed by atoms with Crippen molar-refractivity contribution >= 4 is 27.4 Å². The lowest BCUT2D eigenvalue weighted by Gasteiger charge is -2.10. The quantitative estimate of drug-likeness (QED) is 0.412. The average Bonchev–Trinajstić information content (AvgIpc) is 3.31. The number of sulfone groups is 1. The SMILES string of the molecule is CN(C)CCOC(=O)Cn1nc(C(F)(F)F)c(Cl)c1-c1nnc(-c2cccc(S(C)(=O)=O)c2)o1. The smallest absolute Gasteiger partial charge is 0.436 e. The molecule has 0 amide bonds. The summed E-state index contributed by atoms with van der Waals surface area (Å²) in [6.45, 7) is -0.269. The van der Waals surface area contributed by atoms with E-state index in [0.29, 0.717) is 11.2 Å². The van der Waals surface area contributed by atoms with Gasteiger partial charge in [0.15, 0.2) is 15.5 Å². The van der Waals surface area contributed by atoms with E-state index in [1.807, 2.05) is 0 Å². The van der Waals surface area contributed by atoms with Crippen LogP contribution >= 0.6 is 11.6 Å². The Morgan fingerprint density at radius 2 is 1.91 bits per heavy atom. The molecule has 3 rings (SSSR count). The number of carbonyl (C=O) groups excluding carboxylic acids is 1. The highest BCUT2D eigenvalue weighted by molar-refractivity contribution is 7.90. The number of likely N-dealkylation sites (N-methyl/N-ethyl adjacent to an activating group) is 1. The van der Waals surface area contributed by atoms with Gasteiger partial charge in [0.25, 0.3) is 5.89 Å². The summed E-state index contributed by atoms with van der Waals surface area (Å²) in [5.41, 5.74) is -1.66. The lowest BCUT2D eigenvalue weighted by atomic mass is 10.2. The van der Waals surface area contributed by atoms with E-state index in [1.54, 1.807) is 19.0 Å². The van der Waals surface area contributed by atoms with Gasteiger partial charge in [-0.3, -0.25) is 4.79 Å². The molecule has 184 valence electrons. The van der Waals surface area contributed by atoms with Gasteiger partial charge in [-0.05, 0) is 32.3 Å². The molecule has 10 nitrogen and oxygen atoms in total. The first-order valence-electron chi connectivity index (χ1n) is 9.55. The molecule has 0 aliphatic heterocycles. The second kappa shape index (κ2) is 9.72. The Morgan fingerprint density at radius 3 is 2.53 bits per heavy atom. The van der Waals surface area contributed by atoms with Crippen molar-refractivity contribution in [1.29, 1.82) is 0 Å². The van der Waals surface area contributed by atoms with Crippen molar-refractivity contribution in [3.8, 4) is 23.0 Å². The first kappa shape index (κ1) is 25.6. The van der Waals surface area contributed by atoms with Crippen LogP contribution < -0.4 is 0 Å². The molecule has 2 heterocycles. The zero-order chi connectivity index (χ0) is 25.3. The van der Waals surface area contributed by atoms with Gasteiger partial charge >= 0.3 is 12.1 Å². The number of aromatic nitrogens is 4. The molecule has 0 N–H and O–H groups in total. The van der Waals surface area contributed by atoms with Crippen molar-refractivity contribution in [1.82, 2.24) is 24.9 Å². The summed E-state index contributed by atoms with van der Waals surface area (Å²) in [6.07, 6.45) is -3.90. The molecule has 0 aliphatic rings. The van der Waals surface area contributed by atoms with Gasteiger partial charge in [0.2, 0.25) is 5.89 Å². The van der Waals surface area contributed by atoms with Gasteiger partial charge in [-0.25, -0.2) is 13.1 Å². The Morgan fingerprint density at radius 1 is 1.24 bits per heavy atom. The molecule has 1 aromatic carbocycles. The standard InChI is InChI=1S/C19H19ClF3N5O5S/c1-27(2)7-8-32-13(29)10-28-15(14(20)16(26-28)19(21,22)23)18-25-24-17(33-18)11-5-4-6-12(9-11)34(3,30)31/h4-6,9H,7-8,10H2,1-3H3. The van der Waals surface area contributed by atoms with E-state index in [4.69, 9.17) is 20.8 Å². The van der Waals surface area contributed by atoms with Gasteiger partial charge < -0.3 is 14.1 Å². The van der Waals surface area contributed by atoms with Crippen LogP contribution in [0.5, 0.6) is 0 Å². The van der Waals surface area contributed by atoms with Gasteiger partial charge in [-0.2, -0.15) is 18.3 Å². The van der Waals surface area contributed by atoms with Crippen LogP contribution in [0.15, 0.2) is 33.6 Å². The number of halogens is 4. The molecule has 15 heteroatoms. The normalized spacial score (nSPS) is 12.4. The van der Waals surface area contributed by atoms with E-state index in [9.17, 15) is 26.4 Å². The van der Waals surface area contributed by atoms with Gasteiger partial charge in [0, 0.05) is 18.4 Å². The maximum atomic E-state index is 13.4. The van der Waals surface area contributed by atoms with E-state index in [1.165, 1.54) is 24.3 Å².